The van der Waals surface area contributed by atoms with Gasteiger partial charge in [0.25, 0.3) is 0 Å². The summed E-state index contributed by atoms with van der Waals surface area (Å²) in [7, 11) is 0. The Morgan fingerprint density at radius 3 is 2.77 bits per heavy atom. The number of hydrogen-bond donors (Lipinski definition) is 1. The molecule has 0 radical (unpaired) electrons. The van der Waals surface area contributed by atoms with E-state index in [1.54, 1.807) is 0 Å². The van der Waals surface area contributed by atoms with Crippen molar-refractivity contribution >= 4 is 16.8 Å². The van der Waals surface area contributed by atoms with Crippen LogP contribution in [-0.4, -0.2) is 35.5 Å². The number of nitrogens with one attached hydrogen (secondary N) is 1. The smallest absolute Gasteiger partial charge is 0.249 e. The van der Waals surface area contributed by atoms with Gasteiger partial charge in [-0.05, 0) is 37.0 Å². The molecule has 26 heavy (non-hydrogen) atoms. The molecule has 2 aromatic carbocycles. The molecule has 1 N–H and O–H groups in total. The summed E-state index contributed by atoms with van der Waals surface area (Å²) in [6.07, 6.45) is 1.72. The van der Waals surface area contributed by atoms with E-state index in [9.17, 15) is 4.79 Å². The van der Waals surface area contributed by atoms with Crippen molar-refractivity contribution in [3.8, 4) is 0 Å². The second kappa shape index (κ2) is 7.34. The number of aromatic amines is 1. The molecule has 1 amide bonds. The van der Waals surface area contributed by atoms with Crippen molar-refractivity contribution in [2.75, 3.05) is 19.8 Å². The Balaban J connectivity index is 1.37. The van der Waals surface area contributed by atoms with Crippen molar-refractivity contribution < 1.29 is 9.53 Å². The van der Waals surface area contributed by atoms with Crippen molar-refractivity contribution in [3.05, 3.63) is 71.4 Å². The van der Waals surface area contributed by atoms with Crippen LogP contribution in [0.4, 0.5) is 0 Å². The quantitative estimate of drug-likeness (QED) is 0.712. The molecule has 0 unspecified atom stereocenters. The normalized spacial score (nSPS) is 16.7. The third-order valence-electron chi connectivity index (χ3n) is 5.26. The van der Waals surface area contributed by atoms with E-state index in [0.717, 1.165) is 30.6 Å². The maximum atomic E-state index is 12.6. The molecule has 0 spiro atoms. The van der Waals surface area contributed by atoms with E-state index in [4.69, 9.17) is 4.74 Å². The van der Waals surface area contributed by atoms with Crippen LogP contribution in [0.15, 0.2) is 54.6 Å². The average molecular weight is 348 g/mol. The van der Waals surface area contributed by atoms with Crippen LogP contribution in [0.1, 0.15) is 29.8 Å². The summed E-state index contributed by atoms with van der Waals surface area (Å²) in [5.41, 5.74) is 4.89. The van der Waals surface area contributed by atoms with Crippen LogP contribution in [0.5, 0.6) is 0 Å². The van der Waals surface area contributed by atoms with E-state index in [2.05, 4.69) is 42.2 Å². The first kappa shape index (κ1) is 16.9. The van der Waals surface area contributed by atoms with E-state index in [-0.39, 0.29) is 18.6 Å². The number of rotatable bonds is 5. The summed E-state index contributed by atoms with van der Waals surface area (Å²) < 4.78 is 5.65. The SMILES string of the molecule is C[C@@H]1c2[nH]c3ccccc3c2CCN1C(=O)COCCc1ccccc1. The first-order valence-corrected chi connectivity index (χ1v) is 9.24. The molecule has 4 rings (SSSR count). The summed E-state index contributed by atoms with van der Waals surface area (Å²) in [6, 6.07) is 18.6. The number of ether oxygens (including phenoxy) is 1. The Hall–Kier alpha value is -2.59. The summed E-state index contributed by atoms with van der Waals surface area (Å²) in [5.74, 6) is 0.0647. The van der Waals surface area contributed by atoms with Gasteiger partial charge in [0.15, 0.2) is 0 Å². The highest BCUT2D eigenvalue weighted by molar-refractivity contribution is 5.86. The minimum absolute atomic E-state index is 0.0522. The molecule has 4 nitrogen and oxygen atoms in total. The highest BCUT2D eigenvalue weighted by Gasteiger charge is 2.30. The monoisotopic (exact) mass is 348 g/mol. The van der Waals surface area contributed by atoms with Gasteiger partial charge in [-0.3, -0.25) is 4.79 Å². The molecule has 0 aliphatic carbocycles. The van der Waals surface area contributed by atoms with E-state index in [1.807, 2.05) is 29.2 Å². The predicted molar refractivity (Wildman–Crippen MR) is 103 cm³/mol. The van der Waals surface area contributed by atoms with Crippen molar-refractivity contribution in [1.82, 2.24) is 9.88 Å². The highest BCUT2D eigenvalue weighted by atomic mass is 16.5. The molecule has 0 bridgehead atoms. The van der Waals surface area contributed by atoms with Gasteiger partial charge >= 0.3 is 0 Å². The van der Waals surface area contributed by atoms with Crippen LogP contribution in [-0.2, 0) is 22.4 Å². The van der Waals surface area contributed by atoms with E-state index in [0.29, 0.717) is 6.61 Å². The van der Waals surface area contributed by atoms with Crippen molar-refractivity contribution in [3.63, 3.8) is 0 Å². The van der Waals surface area contributed by atoms with Gasteiger partial charge in [0.1, 0.15) is 6.61 Å². The number of benzene rings is 2. The summed E-state index contributed by atoms with van der Waals surface area (Å²) in [6.45, 7) is 3.55. The minimum Gasteiger partial charge on any atom is -0.371 e. The topological polar surface area (TPSA) is 45.3 Å². The number of nitrogens with zero attached hydrogens (tertiary/aromatic N) is 1. The molecule has 134 valence electrons. The molecule has 0 saturated heterocycles. The molecule has 1 aliphatic heterocycles. The third-order valence-corrected chi connectivity index (χ3v) is 5.26. The summed E-state index contributed by atoms with van der Waals surface area (Å²) >= 11 is 0. The zero-order chi connectivity index (χ0) is 17.9. The molecular weight excluding hydrogens is 324 g/mol. The van der Waals surface area contributed by atoms with Crippen LogP contribution >= 0.6 is 0 Å². The van der Waals surface area contributed by atoms with E-state index in [1.165, 1.54) is 16.5 Å². The zero-order valence-electron chi connectivity index (χ0n) is 15.1. The Bertz CT molecular complexity index is 901. The van der Waals surface area contributed by atoms with Gasteiger partial charge < -0.3 is 14.6 Å². The van der Waals surface area contributed by atoms with Crippen LogP contribution in [0.3, 0.4) is 0 Å². The maximum Gasteiger partial charge on any atom is 0.249 e. The van der Waals surface area contributed by atoms with Gasteiger partial charge in [0.2, 0.25) is 5.91 Å². The van der Waals surface area contributed by atoms with Crippen LogP contribution in [0.2, 0.25) is 0 Å². The third kappa shape index (κ3) is 3.25. The lowest BCUT2D eigenvalue weighted by molar-refractivity contribution is -0.138. The fourth-order valence-corrected chi connectivity index (χ4v) is 3.85. The molecule has 3 aromatic rings. The minimum atomic E-state index is 0.0522. The molecule has 1 atom stereocenters. The number of carbonyl (C=O) groups is 1. The number of H-pyrrole nitrogens is 1. The first-order chi connectivity index (χ1) is 12.7. The highest BCUT2D eigenvalue weighted by Crippen LogP contribution is 2.34. The molecule has 1 aromatic heterocycles. The first-order valence-electron chi connectivity index (χ1n) is 9.24. The van der Waals surface area contributed by atoms with E-state index < -0.39 is 0 Å². The number of fused-ring (bicyclic) bond motifs is 3. The molecule has 0 fully saturated rings. The van der Waals surface area contributed by atoms with Crippen molar-refractivity contribution in [2.24, 2.45) is 0 Å². The summed E-state index contributed by atoms with van der Waals surface area (Å²) in [5, 5.41) is 1.28. The molecule has 2 heterocycles. The molecule has 4 heteroatoms. The average Bonchev–Trinajstić information content (AvgIpc) is 3.06. The van der Waals surface area contributed by atoms with Crippen LogP contribution < -0.4 is 0 Å². The Morgan fingerprint density at radius 1 is 1.15 bits per heavy atom. The standard InChI is InChI=1S/C22H24N2O2/c1-16-22-19(18-9-5-6-10-20(18)23-22)11-13-24(16)21(25)15-26-14-12-17-7-3-2-4-8-17/h2-10,16,23H,11-15H2,1H3/t16-/m1/s1. The van der Waals surface area contributed by atoms with Crippen molar-refractivity contribution in [2.45, 2.75) is 25.8 Å². The van der Waals surface area contributed by atoms with Crippen LogP contribution in [0, 0.1) is 0 Å². The number of aromatic nitrogens is 1. The lowest BCUT2D eigenvalue weighted by Gasteiger charge is -2.33. The van der Waals surface area contributed by atoms with Gasteiger partial charge in [-0.2, -0.15) is 0 Å². The fraction of sp³-hybridized carbons (Fsp3) is 0.318. The number of amides is 1. The molecule has 1 aliphatic rings. The fourth-order valence-electron chi connectivity index (χ4n) is 3.85. The van der Waals surface area contributed by atoms with Gasteiger partial charge in [-0.15, -0.1) is 0 Å². The Kier molecular flexibility index (Phi) is 4.76. The van der Waals surface area contributed by atoms with Gasteiger partial charge in [-0.25, -0.2) is 0 Å². The number of para-hydroxylation sites is 1. The lowest BCUT2D eigenvalue weighted by Crippen LogP contribution is -2.40. The molecular formula is C22H24N2O2. The van der Waals surface area contributed by atoms with Crippen LogP contribution in [0.25, 0.3) is 10.9 Å². The number of hydrogen-bond acceptors (Lipinski definition) is 2. The van der Waals surface area contributed by atoms with Gasteiger partial charge in [0, 0.05) is 23.1 Å². The van der Waals surface area contributed by atoms with Gasteiger partial charge in [-0.1, -0.05) is 48.5 Å². The molecule has 0 saturated carbocycles. The lowest BCUT2D eigenvalue weighted by atomic mass is 9.98. The Labute approximate surface area is 153 Å². The zero-order valence-corrected chi connectivity index (χ0v) is 15.1. The van der Waals surface area contributed by atoms with Crippen molar-refractivity contribution in [1.29, 1.82) is 0 Å². The Morgan fingerprint density at radius 2 is 1.92 bits per heavy atom. The van der Waals surface area contributed by atoms with E-state index >= 15 is 0 Å². The number of carbonyl (C=O) groups excluding carboxylic acids is 1. The second-order valence-electron chi connectivity index (χ2n) is 6.86. The largest absolute Gasteiger partial charge is 0.371 e. The predicted octanol–water partition coefficient (Wildman–Crippen LogP) is 3.87. The summed E-state index contributed by atoms with van der Waals surface area (Å²) in [4.78, 5) is 18.1. The maximum absolute atomic E-state index is 12.6. The second-order valence-corrected chi connectivity index (χ2v) is 6.86. The van der Waals surface area contributed by atoms with Gasteiger partial charge in [0.05, 0.1) is 12.6 Å².